The van der Waals surface area contributed by atoms with Crippen molar-refractivity contribution in [2.45, 2.75) is 42.8 Å². The standard InChI is InChI=1S/C29H33N9O5S/c30-25(31)18-9-7-17(8-10-18)16-44(42)37-21-5-3-13-38(27(21)41)15-23(39)36-29(14-19(29)11-12-34-28(32)33)24(40)26-35-20-4-1-2-6-22(20)43-26/h1-10,13,19-20,22,37H,11-12,14-16H2,(H3,30,31)(H,36,39)(H4,32,33,34)/t19-,20?,22?,29?,44?/m1/s1. The van der Waals surface area contributed by atoms with Gasteiger partial charge in [-0.1, -0.05) is 42.5 Å². The van der Waals surface area contributed by atoms with Gasteiger partial charge in [0.1, 0.15) is 46.7 Å². The Morgan fingerprint density at radius 1 is 1.16 bits per heavy atom. The number of nitrogen functional groups attached to an aromatic ring is 1. The Morgan fingerprint density at radius 2 is 1.91 bits per heavy atom. The summed E-state index contributed by atoms with van der Waals surface area (Å²) in [5, 5.41) is 10.3. The molecular weight excluding hydrogens is 586 g/mol. The third-order valence-electron chi connectivity index (χ3n) is 7.53. The molecule has 0 saturated heterocycles. The van der Waals surface area contributed by atoms with Gasteiger partial charge in [-0.15, -0.1) is 0 Å². The minimum atomic E-state index is -1.66. The monoisotopic (exact) mass is 619 g/mol. The van der Waals surface area contributed by atoms with Gasteiger partial charge in [-0.2, -0.15) is 0 Å². The van der Waals surface area contributed by atoms with E-state index in [9.17, 15) is 18.6 Å². The molecule has 15 heteroatoms. The lowest BCUT2D eigenvalue weighted by atomic mass is 10.1. The van der Waals surface area contributed by atoms with Crippen molar-refractivity contribution in [1.82, 2.24) is 9.88 Å². The van der Waals surface area contributed by atoms with E-state index >= 15 is 0 Å². The largest absolute Gasteiger partial charge is 0.465 e. The van der Waals surface area contributed by atoms with E-state index in [0.29, 0.717) is 24.0 Å². The summed E-state index contributed by atoms with van der Waals surface area (Å²) in [6.07, 6.45) is 9.12. The summed E-state index contributed by atoms with van der Waals surface area (Å²) in [6.45, 7) is -0.111. The number of nitrogens with two attached hydrogens (primary N) is 3. The zero-order chi connectivity index (χ0) is 31.4. The van der Waals surface area contributed by atoms with Gasteiger partial charge in [0.25, 0.3) is 11.5 Å². The lowest BCUT2D eigenvalue weighted by Crippen LogP contribution is -2.49. The van der Waals surface area contributed by atoms with Gasteiger partial charge in [-0.05, 0) is 42.5 Å². The Balaban J connectivity index is 1.26. The van der Waals surface area contributed by atoms with Crippen LogP contribution in [0.1, 0.15) is 24.0 Å². The second-order valence-electron chi connectivity index (χ2n) is 10.7. The predicted octanol–water partition coefficient (Wildman–Crippen LogP) is -0.192. The number of nitrogens with one attached hydrogen (secondary N) is 3. The van der Waals surface area contributed by atoms with Crippen LogP contribution in [0.5, 0.6) is 0 Å². The van der Waals surface area contributed by atoms with Crippen LogP contribution in [0.4, 0.5) is 5.69 Å². The number of ether oxygens (including phenoxy) is 1. The number of pyridine rings is 1. The number of ketones is 1. The molecule has 230 valence electrons. The van der Waals surface area contributed by atoms with E-state index < -0.39 is 33.8 Å². The number of aliphatic imine (C=N–C) groups is 2. The van der Waals surface area contributed by atoms with Gasteiger partial charge in [0.2, 0.25) is 11.7 Å². The van der Waals surface area contributed by atoms with E-state index in [1.54, 1.807) is 30.3 Å². The molecule has 14 nitrogen and oxygen atoms in total. The van der Waals surface area contributed by atoms with Crippen LogP contribution in [-0.4, -0.2) is 62.4 Å². The van der Waals surface area contributed by atoms with E-state index in [1.165, 1.54) is 16.8 Å². The highest BCUT2D eigenvalue weighted by Gasteiger charge is 2.62. The minimum Gasteiger partial charge on any atom is -0.465 e. The first-order chi connectivity index (χ1) is 21.1. The maximum atomic E-state index is 13.7. The molecule has 44 heavy (non-hydrogen) atoms. The van der Waals surface area contributed by atoms with Crippen molar-refractivity contribution in [3.05, 3.63) is 88.4 Å². The number of fused-ring (bicyclic) bond motifs is 1. The second-order valence-corrected chi connectivity index (χ2v) is 11.9. The summed E-state index contributed by atoms with van der Waals surface area (Å²) in [4.78, 5) is 48.5. The van der Waals surface area contributed by atoms with Gasteiger partial charge in [0.15, 0.2) is 5.96 Å². The Hall–Kier alpha value is -5.05. The van der Waals surface area contributed by atoms with Crippen LogP contribution >= 0.6 is 0 Å². The molecule has 9 N–H and O–H groups in total. The summed E-state index contributed by atoms with van der Waals surface area (Å²) < 4.78 is 22.4. The number of Topliss-reactive ketones (excluding diaryl/α,β-unsaturated/α-hetero) is 1. The van der Waals surface area contributed by atoms with Crippen molar-refractivity contribution in [2.24, 2.45) is 33.1 Å². The summed E-state index contributed by atoms with van der Waals surface area (Å²) in [5.74, 6) is -1.37. The van der Waals surface area contributed by atoms with Gasteiger partial charge in [0, 0.05) is 18.3 Å². The van der Waals surface area contributed by atoms with Crippen LogP contribution in [0.15, 0.2) is 81.7 Å². The molecule has 0 spiro atoms. The highest BCUT2D eigenvalue weighted by atomic mass is 32.2. The van der Waals surface area contributed by atoms with Crippen LogP contribution in [0.2, 0.25) is 0 Å². The van der Waals surface area contributed by atoms with Crippen LogP contribution in [0.25, 0.3) is 0 Å². The van der Waals surface area contributed by atoms with Gasteiger partial charge in [-0.25, -0.2) is 9.20 Å². The average Bonchev–Trinajstić information content (AvgIpc) is 3.48. The number of carbonyl (C=O) groups is 2. The van der Waals surface area contributed by atoms with Crippen LogP contribution in [0.3, 0.4) is 0 Å². The van der Waals surface area contributed by atoms with Crippen LogP contribution in [-0.2, 0) is 37.6 Å². The molecule has 1 saturated carbocycles. The summed E-state index contributed by atoms with van der Waals surface area (Å²) in [5.41, 5.74) is 15.8. The van der Waals surface area contributed by atoms with Gasteiger partial charge >= 0.3 is 0 Å². The van der Waals surface area contributed by atoms with E-state index in [0.717, 1.165) is 0 Å². The molecule has 1 aliphatic heterocycles. The fourth-order valence-corrected chi connectivity index (χ4v) is 6.15. The number of anilines is 1. The predicted molar refractivity (Wildman–Crippen MR) is 167 cm³/mol. The molecule has 2 aliphatic carbocycles. The number of benzene rings is 1. The smallest absolute Gasteiger partial charge is 0.275 e. The van der Waals surface area contributed by atoms with Gasteiger partial charge in [0.05, 0.1) is 5.75 Å². The second kappa shape index (κ2) is 12.7. The number of nitrogens with zero attached hydrogens (tertiary/aromatic N) is 3. The van der Waals surface area contributed by atoms with E-state index in [-0.39, 0.29) is 60.3 Å². The summed E-state index contributed by atoms with van der Waals surface area (Å²) >= 11 is 0. The third-order valence-corrected chi connectivity index (χ3v) is 8.57. The number of amidine groups is 1. The average molecular weight is 620 g/mol. The number of rotatable bonds is 13. The first-order valence-electron chi connectivity index (χ1n) is 13.8. The number of hydrogen-bond acceptors (Lipinski definition) is 8. The quantitative estimate of drug-likeness (QED) is 0.130. The lowest BCUT2D eigenvalue weighted by Gasteiger charge is -2.19. The SMILES string of the molecule is N=C(N)c1ccc(CS(=O)Nc2cccn(CC(=O)NC3(C(=O)C4=NC5C=CC=CC5O4)C[C@H]3CCN=C(N)N)c2=O)cc1. The summed E-state index contributed by atoms with van der Waals surface area (Å²) in [6, 6.07) is 9.41. The van der Waals surface area contributed by atoms with E-state index in [2.05, 4.69) is 20.0 Å². The molecule has 0 radical (unpaired) electrons. The van der Waals surface area contributed by atoms with Gasteiger partial charge in [-0.3, -0.25) is 29.5 Å². The number of carbonyl (C=O) groups excluding carboxylic acids is 2. The molecule has 0 bridgehead atoms. The summed E-state index contributed by atoms with van der Waals surface area (Å²) in [7, 11) is -1.66. The number of allylic oxidation sites excluding steroid dienone is 2. The van der Waals surface area contributed by atoms with Crippen molar-refractivity contribution >= 4 is 46.1 Å². The van der Waals surface area contributed by atoms with Gasteiger partial charge < -0.3 is 31.8 Å². The number of aromatic nitrogens is 1. The Bertz CT molecular complexity index is 1680. The first-order valence-corrected chi connectivity index (χ1v) is 15.2. The Morgan fingerprint density at radius 3 is 2.61 bits per heavy atom. The lowest BCUT2D eigenvalue weighted by molar-refractivity contribution is -0.127. The van der Waals surface area contributed by atoms with Crippen molar-refractivity contribution in [2.75, 3.05) is 11.3 Å². The number of guanidine groups is 1. The first kappa shape index (κ1) is 30.4. The molecule has 1 fully saturated rings. The maximum Gasteiger partial charge on any atom is 0.275 e. The fourth-order valence-electron chi connectivity index (χ4n) is 5.19. The molecule has 1 amide bonds. The Kier molecular flexibility index (Phi) is 8.76. The van der Waals surface area contributed by atoms with Crippen molar-refractivity contribution in [3.63, 3.8) is 0 Å². The van der Waals surface area contributed by atoms with E-state index in [4.69, 9.17) is 27.3 Å². The zero-order valence-corrected chi connectivity index (χ0v) is 24.5. The molecule has 5 rings (SSSR count). The Labute approximate surface area is 255 Å². The van der Waals surface area contributed by atoms with Crippen molar-refractivity contribution in [3.8, 4) is 0 Å². The van der Waals surface area contributed by atoms with Crippen LogP contribution in [0, 0.1) is 11.3 Å². The van der Waals surface area contributed by atoms with Crippen molar-refractivity contribution in [1.29, 1.82) is 5.41 Å². The highest BCUT2D eigenvalue weighted by molar-refractivity contribution is 7.85. The molecule has 5 atom stereocenters. The molecular formula is C29H33N9O5S. The number of hydrogen-bond donors (Lipinski definition) is 6. The molecule has 1 aromatic carbocycles. The number of amides is 1. The van der Waals surface area contributed by atoms with Crippen LogP contribution < -0.4 is 32.8 Å². The minimum absolute atomic E-state index is 0.0451. The van der Waals surface area contributed by atoms with Crippen molar-refractivity contribution < 1.29 is 18.5 Å². The molecule has 3 aliphatic rings. The van der Waals surface area contributed by atoms with E-state index in [1.807, 2.05) is 24.3 Å². The molecule has 1 aromatic heterocycles. The zero-order valence-electron chi connectivity index (χ0n) is 23.6. The maximum absolute atomic E-state index is 13.7. The molecule has 2 heterocycles. The highest BCUT2D eigenvalue weighted by Crippen LogP contribution is 2.47. The fraction of sp³-hybridized carbons (Fsp3) is 0.310. The molecule has 2 aromatic rings. The normalized spacial score (nSPS) is 23.5. The third kappa shape index (κ3) is 6.78. The molecule has 4 unspecified atom stereocenters. The topological polar surface area (TPSA) is 233 Å².